The van der Waals surface area contributed by atoms with Gasteiger partial charge < -0.3 is 15.8 Å². The normalized spacial score (nSPS) is 12.8. The topological polar surface area (TPSA) is 98.5 Å². The fourth-order valence-corrected chi connectivity index (χ4v) is 2.09. The number of anilines is 1. The molecule has 1 unspecified atom stereocenters. The van der Waals surface area contributed by atoms with E-state index in [2.05, 4.69) is 5.32 Å². The van der Waals surface area contributed by atoms with Gasteiger partial charge in [0.05, 0.1) is 18.9 Å². The Morgan fingerprint density at radius 1 is 1.47 bits per heavy atom. The third-order valence-corrected chi connectivity index (χ3v) is 3.45. The zero-order valence-electron chi connectivity index (χ0n) is 10.9. The molecule has 0 bridgehead atoms. The Bertz CT molecular complexity index is 542. The van der Waals surface area contributed by atoms with Crippen LogP contribution in [0.5, 0.6) is 5.75 Å². The minimum absolute atomic E-state index is 0.0919. The van der Waals surface area contributed by atoms with Crippen molar-refractivity contribution in [2.24, 2.45) is 5.73 Å². The van der Waals surface area contributed by atoms with Gasteiger partial charge in [-0.05, 0) is 18.6 Å². The first-order valence-electron chi connectivity index (χ1n) is 5.70. The van der Waals surface area contributed by atoms with E-state index in [4.69, 9.17) is 10.5 Å². The number of nitrogens with two attached hydrogens (primary N) is 1. The largest absolute Gasteiger partial charge is 0.497 e. The van der Waals surface area contributed by atoms with Crippen molar-refractivity contribution in [3.8, 4) is 5.75 Å². The highest BCUT2D eigenvalue weighted by molar-refractivity contribution is 7.90. The lowest BCUT2D eigenvalue weighted by molar-refractivity contribution is -0.117. The SMILES string of the molecule is COc1cccc(NC(=O)C(N)CCS(C)(=O)=O)c1. The number of hydrogen-bond acceptors (Lipinski definition) is 5. The monoisotopic (exact) mass is 286 g/mol. The molecule has 1 amide bonds. The molecule has 0 heterocycles. The summed E-state index contributed by atoms with van der Waals surface area (Å²) in [4.78, 5) is 11.8. The second kappa shape index (κ2) is 6.53. The van der Waals surface area contributed by atoms with Crippen LogP contribution in [0.25, 0.3) is 0 Å². The second-order valence-electron chi connectivity index (χ2n) is 4.25. The Hall–Kier alpha value is -1.60. The van der Waals surface area contributed by atoms with Gasteiger partial charge in [-0.25, -0.2) is 8.42 Å². The van der Waals surface area contributed by atoms with E-state index in [0.29, 0.717) is 11.4 Å². The quantitative estimate of drug-likeness (QED) is 0.788. The van der Waals surface area contributed by atoms with Gasteiger partial charge in [0.15, 0.2) is 0 Å². The highest BCUT2D eigenvalue weighted by Crippen LogP contribution is 2.16. The Labute approximate surface area is 112 Å². The molecule has 0 aliphatic carbocycles. The number of amides is 1. The fraction of sp³-hybridized carbons (Fsp3) is 0.417. The number of carbonyl (C=O) groups excluding carboxylic acids is 1. The maximum atomic E-state index is 11.8. The van der Waals surface area contributed by atoms with Gasteiger partial charge in [0.25, 0.3) is 0 Å². The highest BCUT2D eigenvalue weighted by Gasteiger charge is 2.16. The van der Waals surface area contributed by atoms with Crippen molar-refractivity contribution < 1.29 is 17.9 Å². The zero-order chi connectivity index (χ0) is 14.5. The van der Waals surface area contributed by atoms with Crippen molar-refractivity contribution in [1.29, 1.82) is 0 Å². The van der Waals surface area contributed by atoms with Crippen molar-refractivity contribution in [2.45, 2.75) is 12.5 Å². The van der Waals surface area contributed by atoms with Crippen LogP contribution in [-0.4, -0.2) is 39.5 Å². The van der Waals surface area contributed by atoms with Gasteiger partial charge in [0.2, 0.25) is 5.91 Å². The van der Waals surface area contributed by atoms with Gasteiger partial charge in [0.1, 0.15) is 15.6 Å². The minimum atomic E-state index is -3.12. The number of benzene rings is 1. The van der Waals surface area contributed by atoms with Crippen LogP contribution in [0.1, 0.15) is 6.42 Å². The smallest absolute Gasteiger partial charge is 0.241 e. The number of methoxy groups -OCH3 is 1. The lowest BCUT2D eigenvalue weighted by Gasteiger charge is -2.12. The van der Waals surface area contributed by atoms with E-state index in [1.807, 2.05) is 0 Å². The Morgan fingerprint density at radius 3 is 2.74 bits per heavy atom. The predicted octanol–water partition coefficient (Wildman–Crippen LogP) is 0.396. The van der Waals surface area contributed by atoms with Gasteiger partial charge in [-0.1, -0.05) is 6.07 Å². The van der Waals surface area contributed by atoms with Crippen molar-refractivity contribution in [2.75, 3.05) is 24.4 Å². The molecule has 1 rings (SSSR count). The van der Waals surface area contributed by atoms with Crippen LogP contribution in [0.3, 0.4) is 0 Å². The number of sulfone groups is 1. The Kier molecular flexibility index (Phi) is 5.31. The maximum absolute atomic E-state index is 11.8. The van der Waals surface area contributed by atoms with Gasteiger partial charge in [-0.3, -0.25) is 4.79 Å². The average Bonchev–Trinajstić information content (AvgIpc) is 2.35. The van der Waals surface area contributed by atoms with Gasteiger partial charge in [-0.2, -0.15) is 0 Å². The predicted molar refractivity (Wildman–Crippen MR) is 73.9 cm³/mol. The molecular formula is C12H18N2O4S. The van der Waals surface area contributed by atoms with E-state index < -0.39 is 21.8 Å². The molecule has 3 N–H and O–H groups in total. The molecule has 0 saturated heterocycles. The van der Waals surface area contributed by atoms with E-state index in [0.717, 1.165) is 6.26 Å². The van der Waals surface area contributed by atoms with Gasteiger partial charge >= 0.3 is 0 Å². The van der Waals surface area contributed by atoms with E-state index >= 15 is 0 Å². The van der Waals surface area contributed by atoms with Crippen molar-refractivity contribution in [1.82, 2.24) is 0 Å². The maximum Gasteiger partial charge on any atom is 0.241 e. The third kappa shape index (κ3) is 5.71. The summed E-state index contributed by atoms with van der Waals surface area (Å²) < 4.78 is 27.0. The minimum Gasteiger partial charge on any atom is -0.497 e. The molecule has 106 valence electrons. The van der Waals surface area contributed by atoms with E-state index in [9.17, 15) is 13.2 Å². The molecule has 1 aromatic carbocycles. The van der Waals surface area contributed by atoms with Crippen molar-refractivity contribution in [3.05, 3.63) is 24.3 Å². The van der Waals surface area contributed by atoms with Crippen LogP contribution in [0.15, 0.2) is 24.3 Å². The molecule has 1 aromatic rings. The summed E-state index contributed by atoms with van der Waals surface area (Å²) in [5, 5.41) is 2.61. The Morgan fingerprint density at radius 2 is 2.16 bits per heavy atom. The molecule has 19 heavy (non-hydrogen) atoms. The van der Waals surface area contributed by atoms with Crippen molar-refractivity contribution in [3.63, 3.8) is 0 Å². The average molecular weight is 286 g/mol. The van der Waals surface area contributed by atoms with Crippen LogP contribution >= 0.6 is 0 Å². The lowest BCUT2D eigenvalue weighted by atomic mass is 10.2. The molecule has 0 spiro atoms. The molecule has 0 radical (unpaired) electrons. The van der Waals surface area contributed by atoms with E-state index in [1.165, 1.54) is 7.11 Å². The van der Waals surface area contributed by atoms with Crippen LogP contribution in [0.2, 0.25) is 0 Å². The number of nitrogens with one attached hydrogen (secondary N) is 1. The Balaban J connectivity index is 2.58. The van der Waals surface area contributed by atoms with Gasteiger partial charge in [-0.15, -0.1) is 0 Å². The van der Waals surface area contributed by atoms with Crippen LogP contribution in [0, 0.1) is 0 Å². The standard InChI is InChI=1S/C12H18N2O4S/c1-18-10-5-3-4-9(8-10)14-12(15)11(13)6-7-19(2,16)17/h3-5,8,11H,6-7,13H2,1-2H3,(H,14,15). The molecule has 0 aromatic heterocycles. The molecule has 7 heteroatoms. The number of ether oxygens (including phenoxy) is 1. The number of rotatable bonds is 6. The summed E-state index contributed by atoms with van der Waals surface area (Å²) in [5.41, 5.74) is 6.19. The van der Waals surface area contributed by atoms with Crippen LogP contribution in [0.4, 0.5) is 5.69 Å². The molecule has 0 aliphatic heterocycles. The lowest BCUT2D eigenvalue weighted by Crippen LogP contribution is -2.37. The van der Waals surface area contributed by atoms with E-state index in [1.54, 1.807) is 24.3 Å². The van der Waals surface area contributed by atoms with Crippen molar-refractivity contribution >= 4 is 21.4 Å². The molecule has 0 saturated carbocycles. The second-order valence-corrected chi connectivity index (χ2v) is 6.51. The fourth-order valence-electron chi connectivity index (χ4n) is 1.41. The first kappa shape index (κ1) is 15.5. The molecule has 0 aliphatic rings. The molecule has 6 nitrogen and oxygen atoms in total. The highest BCUT2D eigenvalue weighted by atomic mass is 32.2. The number of hydrogen-bond donors (Lipinski definition) is 2. The first-order chi connectivity index (χ1) is 8.81. The van der Waals surface area contributed by atoms with Gasteiger partial charge in [0, 0.05) is 18.0 Å². The third-order valence-electron chi connectivity index (χ3n) is 2.47. The summed E-state index contributed by atoms with van der Waals surface area (Å²) in [5.74, 6) is 0.0825. The van der Waals surface area contributed by atoms with Crippen LogP contribution in [-0.2, 0) is 14.6 Å². The zero-order valence-corrected chi connectivity index (χ0v) is 11.7. The first-order valence-corrected chi connectivity index (χ1v) is 7.76. The molecule has 1 atom stereocenters. The number of carbonyl (C=O) groups is 1. The summed E-state index contributed by atoms with van der Waals surface area (Å²) in [6.07, 6.45) is 1.20. The summed E-state index contributed by atoms with van der Waals surface area (Å²) in [6, 6.07) is 5.97. The summed E-state index contributed by atoms with van der Waals surface area (Å²) >= 11 is 0. The summed E-state index contributed by atoms with van der Waals surface area (Å²) in [7, 11) is -1.59. The van der Waals surface area contributed by atoms with Crippen LogP contribution < -0.4 is 15.8 Å². The summed E-state index contributed by atoms with van der Waals surface area (Å²) in [6.45, 7) is 0. The van der Waals surface area contributed by atoms with E-state index in [-0.39, 0.29) is 12.2 Å². The molecular weight excluding hydrogens is 268 g/mol. The molecule has 0 fully saturated rings.